The highest BCUT2D eigenvalue weighted by molar-refractivity contribution is 9.10. The van der Waals surface area contributed by atoms with Gasteiger partial charge in [0.25, 0.3) is 5.91 Å². The van der Waals surface area contributed by atoms with E-state index >= 15 is 0 Å². The number of carbonyl (C=O) groups is 1. The molecule has 0 fully saturated rings. The number of carbonyl (C=O) groups excluding carboxylic acids is 1. The van der Waals surface area contributed by atoms with Crippen LogP contribution in [0.5, 0.6) is 5.75 Å². The maximum Gasteiger partial charge on any atom is 0.250 e. The van der Waals surface area contributed by atoms with Crippen molar-refractivity contribution in [2.24, 2.45) is 0 Å². The van der Waals surface area contributed by atoms with Crippen LogP contribution in [-0.2, 0) is 11.2 Å². The van der Waals surface area contributed by atoms with Crippen molar-refractivity contribution in [3.63, 3.8) is 0 Å². The molecule has 2 aromatic carbocycles. The summed E-state index contributed by atoms with van der Waals surface area (Å²) in [6.45, 7) is 3.30. The summed E-state index contributed by atoms with van der Waals surface area (Å²) in [5.74, 6) is 0.786. The Morgan fingerprint density at radius 3 is 2.96 bits per heavy atom. The molecule has 0 saturated heterocycles. The molecule has 1 aliphatic rings. The molecular formula is C20H20BrNO2. The highest BCUT2D eigenvalue weighted by atomic mass is 79.9. The molecule has 0 bridgehead atoms. The van der Waals surface area contributed by atoms with E-state index in [1.807, 2.05) is 54.3 Å². The smallest absolute Gasteiger partial charge is 0.250 e. The molecular weight excluding hydrogens is 366 g/mol. The summed E-state index contributed by atoms with van der Waals surface area (Å²) in [6.07, 6.45) is 5.49. The fraction of sp³-hybridized carbons (Fsp3) is 0.250. The van der Waals surface area contributed by atoms with Gasteiger partial charge in [0, 0.05) is 28.3 Å². The van der Waals surface area contributed by atoms with Gasteiger partial charge in [-0.3, -0.25) is 4.79 Å². The predicted molar refractivity (Wildman–Crippen MR) is 101 cm³/mol. The molecule has 0 N–H and O–H groups in total. The molecule has 24 heavy (non-hydrogen) atoms. The van der Waals surface area contributed by atoms with Crippen molar-refractivity contribution in [1.29, 1.82) is 0 Å². The van der Waals surface area contributed by atoms with Crippen LogP contribution in [0.25, 0.3) is 6.08 Å². The van der Waals surface area contributed by atoms with E-state index in [1.165, 1.54) is 5.56 Å². The van der Waals surface area contributed by atoms with Gasteiger partial charge in [0.05, 0.1) is 6.61 Å². The Morgan fingerprint density at radius 2 is 2.12 bits per heavy atom. The Bertz CT molecular complexity index is 770. The van der Waals surface area contributed by atoms with Gasteiger partial charge in [-0.2, -0.15) is 0 Å². The lowest BCUT2D eigenvalue weighted by Gasteiger charge is -2.28. The Hall–Kier alpha value is -2.07. The normalized spacial score (nSPS) is 13.8. The topological polar surface area (TPSA) is 29.5 Å². The first-order valence-electron chi connectivity index (χ1n) is 8.19. The van der Waals surface area contributed by atoms with Gasteiger partial charge in [0.2, 0.25) is 0 Å². The molecule has 4 heteroatoms. The van der Waals surface area contributed by atoms with Crippen molar-refractivity contribution in [3.8, 4) is 5.75 Å². The zero-order chi connectivity index (χ0) is 16.9. The first-order valence-corrected chi connectivity index (χ1v) is 8.98. The molecule has 0 radical (unpaired) electrons. The number of amides is 1. The summed E-state index contributed by atoms with van der Waals surface area (Å²) in [5.41, 5.74) is 3.16. The van der Waals surface area contributed by atoms with Gasteiger partial charge in [-0.05, 0) is 55.7 Å². The number of aryl methyl sites for hydroxylation is 1. The third kappa shape index (κ3) is 3.70. The van der Waals surface area contributed by atoms with E-state index in [2.05, 4.69) is 22.0 Å². The van der Waals surface area contributed by atoms with Gasteiger partial charge in [0.15, 0.2) is 0 Å². The fourth-order valence-electron chi connectivity index (χ4n) is 2.95. The van der Waals surface area contributed by atoms with Crippen LogP contribution in [0.4, 0.5) is 5.69 Å². The third-order valence-electron chi connectivity index (χ3n) is 4.05. The van der Waals surface area contributed by atoms with Crippen molar-refractivity contribution in [1.82, 2.24) is 0 Å². The minimum Gasteiger partial charge on any atom is -0.493 e. The highest BCUT2D eigenvalue weighted by Crippen LogP contribution is 2.28. The van der Waals surface area contributed by atoms with Crippen LogP contribution in [0.15, 0.2) is 53.0 Å². The Labute approximate surface area is 151 Å². The number of para-hydroxylation sites is 1. The van der Waals surface area contributed by atoms with E-state index in [1.54, 1.807) is 6.08 Å². The summed E-state index contributed by atoms with van der Waals surface area (Å²) in [6, 6.07) is 13.9. The minimum atomic E-state index is 0.00424. The van der Waals surface area contributed by atoms with Crippen molar-refractivity contribution >= 4 is 33.6 Å². The van der Waals surface area contributed by atoms with E-state index in [-0.39, 0.29) is 5.91 Å². The Balaban J connectivity index is 1.83. The largest absolute Gasteiger partial charge is 0.493 e. The lowest BCUT2D eigenvalue weighted by atomic mass is 10.0. The van der Waals surface area contributed by atoms with Crippen molar-refractivity contribution in [2.75, 3.05) is 18.1 Å². The maximum atomic E-state index is 12.7. The molecule has 0 spiro atoms. The lowest BCUT2D eigenvalue weighted by Crippen LogP contribution is -2.34. The first-order chi connectivity index (χ1) is 11.7. The lowest BCUT2D eigenvalue weighted by molar-refractivity contribution is -0.114. The van der Waals surface area contributed by atoms with Crippen LogP contribution in [0.3, 0.4) is 0 Å². The van der Waals surface area contributed by atoms with E-state index in [0.29, 0.717) is 6.61 Å². The molecule has 1 heterocycles. The van der Waals surface area contributed by atoms with Crippen LogP contribution in [0.2, 0.25) is 0 Å². The second-order valence-electron chi connectivity index (χ2n) is 5.67. The zero-order valence-corrected chi connectivity index (χ0v) is 15.3. The summed E-state index contributed by atoms with van der Waals surface area (Å²) < 4.78 is 6.59. The number of ether oxygens (including phenoxy) is 1. The highest BCUT2D eigenvalue weighted by Gasteiger charge is 2.20. The summed E-state index contributed by atoms with van der Waals surface area (Å²) in [4.78, 5) is 14.5. The molecule has 0 aromatic heterocycles. The maximum absolute atomic E-state index is 12.7. The van der Waals surface area contributed by atoms with E-state index in [9.17, 15) is 4.79 Å². The molecule has 1 amide bonds. The number of hydrogen-bond donors (Lipinski definition) is 0. The van der Waals surface area contributed by atoms with Gasteiger partial charge in [-0.15, -0.1) is 0 Å². The van der Waals surface area contributed by atoms with Crippen LogP contribution < -0.4 is 9.64 Å². The van der Waals surface area contributed by atoms with Crippen molar-refractivity contribution in [3.05, 3.63) is 64.1 Å². The predicted octanol–water partition coefficient (Wildman–Crippen LogP) is 4.84. The number of nitrogens with zero attached hydrogens (tertiary/aromatic N) is 1. The van der Waals surface area contributed by atoms with Gasteiger partial charge in [-0.25, -0.2) is 0 Å². The molecule has 3 nitrogen and oxygen atoms in total. The Morgan fingerprint density at radius 1 is 1.29 bits per heavy atom. The van der Waals surface area contributed by atoms with Gasteiger partial charge in [-0.1, -0.05) is 34.1 Å². The number of benzene rings is 2. The molecule has 124 valence electrons. The molecule has 0 atom stereocenters. The number of hydrogen-bond acceptors (Lipinski definition) is 2. The van der Waals surface area contributed by atoms with E-state index in [4.69, 9.17) is 4.74 Å². The van der Waals surface area contributed by atoms with Crippen LogP contribution in [0, 0.1) is 0 Å². The molecule has 0 aliphatic carbocycles. The molecule has 2 aromatic rings. The minimum absolute atomic E-state index is 0.00424. The average molecular weight is 386 g/mol. The quantitative estimate of drug-likeness (QED) is 0.704. The van der Waals surface area contributed by atoms with Crippen LogP contribution in [0.1, 0.15) is 24.5 Å². The second kappa shape index (κ2) is 7.67. The number of rotatable bonds is 4. The van der Waals surface area contributed by atoms with Crippen LogP contribution >= 0.6 is 15.9 Å². The average Bonchev–Trinajstić information content (AvgIpc) is 2.61. The van der Waals surface area contributed by atoms with Crippen molar-refractivity contribution in [2.45, 2.75) is 19.8 Å². The van der Waals surface area contributed by atoms with E-state index < -0.39 is 0 Å². The first kappa shape index (κ1) is 16.8. The third-order valence-corrected chi connectivity index (χ3v) is 4.55. The van der Waals surface area contributed by atoms with Crippen LogP contribution in [-0.4, -0.2) is 19.1 Å². The number of anilines is 1. The summed E-state index contributed by atoms with van der Waals surface area (Å²) in [7, 11) is 0. The molecule has 0 saturated carbocycles. The standard InChI is InChI=1S/C20H20BrNO2/c1-2-24-19-11-10-17(21)14-16(19)9-12-20(23)22-13-5-7-15-6-3-4-8-18(15)22/h3-4,6,8-12,14H,2,5,7,13H2,1H3. The summed E-state index contributed by atoms with van der Waals surface area (Å²) in [5, 5.41) is 0. The number of fused-ring (bicyclic) bond motifs is 1. The molecule has 0 unspecified atom stereocenters. The van der Waals surface area contributed by atoms with Gasteiger partial charge in [0.1, 0.15) is 5.75 Å². The molecule has 1 aliphatic heterocycles. The zero-order valence-electron chi connectivity index (χ0n) is 13.7. The van der Waals surface area contributed by atoms with Crippen molar-refractivity contribution < 1.29 is 9.53 Å². The summed E-state index contributed by atoms with van der Waals surface area (Å²) >= 11 is 3.47. The van der Waals surface area contributed by atoms with E-state index in [0.717, 1.165) is 40.9 Å². The SMILES string of the molecule is CCOc1ccc(Br)cc1C=CC(=O)N1CCCc2ccccc21. The molecule has 3 rings (SSSR count). The van der Waals surface area contributed by atoms with Gasteiger partial charge < -0.3 is 9.64 Å². The second-order valence-corrected chi connectivity index (χ2v) is 6.59. The van der Waals surface area contributed by atoms with Gasteiger partial charge >= 0.3 is 0 Å². The number of halogens is 1. The Kier molecular flexibility index (Phi) is 5.36. The monoisotopic (exact) mass is 385 g/mol. The fourth-order valence-corrected chi connectivity index (χ4v) is 3.33.